The zero-order valence-electron chi connectivity index (χ0n) is 21.7. The van der Waals surface area contributed by atoms with E-state index in [9.17, 15) is 10.5 Å². The molecule has 0 aliphatic carbocycles. The molecule has 3 rings (SSSR count). The molecule has 6 heteroatoms. The molecule has 0 fully saturated rings. The molecular formula is C29H37N3O2S. The Morgan fingerprint density at radius 3 is 1.94 bits per heavy atom. The fourth-order valence-corrected chi connectivity index (χ4v) is 5.53. The average molecular weight is 492 g/mol. The maximum Gasteiger partial charge on any atom is 0.163 e. The van der Waals surface area contributed by atoms with Gasteiger partial charge in [0.2, 0.25) is 0 Å². The number of unbranched alkanes of at least 4 members (excludes halogenated alkanes) is 2. The normalized spacial score (nSPS) is 12.2. The summed E-state index contributed by atoms with van der Waals surface area (Å²) >= 11 is 1.58. The number of hydrogen-bond acceptors (Lipinski definition) is 6. The number of nitriles is 2. The topological polar surface area (TPSA) is 69.3 Å². The van der Waals surface area contributed by atoms with Crippen LogP contribution in [0.3, 0.4) is 0 Å². The Morgan fingerprint density at radius 2 is 1.37 bits per heavy atom. The molecule has 0 saturated carbocycles. The summed E-state index contributed by atoms with van der Waals surface area (Å²) in [5.41, 5.74) is 2.39. The fraction of sp³-hybridized carbons (Fsp3) is 0.517. The summed E-state index contributed by atoms with van der Waals surface area (Å²) in [5, 5.41) is 20.2. The molecule has 1 heterocycles. The quantitative estimate of drug-likeness (QED) is 0.280. The van der Waals surface area contributed by atoms with E-state index >= 15 is 0 Å². The average Bonchev–Trinajstić information content (AvgIpc) is 2.83. The Morgan fingerprint density at radius 1 is 0.829 bits per heavy atom. The van der Waals surface area contributed by atoms with Crippen LogP contribution in [0.15, 0.2) is 34.1 Å². The largest absolute Gasteiger partial charge is 0.491 e. The monoisotopic (exact) mass is 491 g/mol. The summed E-state index contributed by atoms with van der Waals surface area (Å²) in [7, 11) is 1.99. The van der Waals surface area contributed by atoms with Crippen molar-refractivity contribution in [3.63, 3.8) is 0 Å². The summed E-state index contributed by atoms with van der Waals surface area (Å²) in [6, 6.07) is 12.7. The third kappa shape index (κ3) is 6.44. The van der Waals surface area contributed by atoms with E-state index in [-0.39, 0.29) is 11.1 Å². The molecule has 1 aliphatic heterocycles. The third-order valence-electron chi connectivity index (χ3n) is 6.18. The van der Waals surface area contributed by atoms with Crippen molar-refractivity contribution >= 4 is 23.1 Å². The first-order valence-electron chi connectivity index (χ1n) is 12.7. The van der Waals surface area contributed by atoms with E-state index in [0.717, 1.165) is 59.7 Å². The van der Waals surface area contributed by atoms with Crippen LogP contribution in [0.1, 0.15) is 77.3 Å². The number of para-hydroxylation sites is 1. The minimum Gasteiger partial charge on any atom is -0.491 e. The Kier molecular flexibility index (Phi) is 9.75. The van der Waals surface area contributed by atoms with Crippen LogP contribution in [0.25, 0.3) is 0 Å². The van der Waals surface area contributed by atoms with E-state index in [4.69, 9.17) is 9.47 Å². The number of fused-ring (bicyclic) bond motifs is 2. The molecule has 0 unspecified atom stereocenters. The fourth-order valence-electron chi connectivity index (χ4n) is 4.27. The van der Waals surface area contributed by atoms with Crippen molar-refractivity contribution in [1.29, 1.82) is 10.5 Å². The molecule has 1 aliphatic rings. The van der Waals surface area contributed by atoms with Gasteiger partial charge < -0.3 is 14.4 Å². The summed E-state index contributed by atoms with van der Waals surface area (Å²) in [5.74, 6) is 2.29. The van der Waals surface area contributed by atoms with Gasteiger partial charge in [-0.3, -0.25) is 0 Å². The SMILES string of the molecule is CC(C)CCCCOc1c(C#N)c(C#N)c(OCCCCC(C)C)c2c1Sc1ccccc1N2C. The molecular weight excluding hydrogens is 454 g/mol. The van der Waals surface area contributed by atoms with Gasteiger partial charge in [0, 0.05) is 11.9 Å². The van der Waals surface area contributed by atoms with Crippen LogP contribution in [0.5, 0.6) is 11.5 Å². The maximum atomic E-state index is 10.1. The van der Waals surface area contributed by atoms with Crippen molar-refractivity contribution in [2.45, 2.75) is 76.0 Å². The predicted molar refractivity (Wildman–Crippen MR) is 143 cm³/mol. The van der Waals surface area contributed by atoms with E-state index in [1.54, 1.807) is 11.8 Å². The Labute approximate surface area is 215 Å². The number of rotatable bonds is 12. The van der Waals surface area contributed by atoms with Gasteiger partial charge in [-0.15, -0.1) is 0 Å². The zero-order chi connectivity index (χ0) is 25.4. The van der Waals surface area contributed by atoms with Crippen molar-refractivity contribution in [3.05, 3.63) is 35.4 Å². The Balaban J connectivity index is 2.00. The van der Waals surface area contributed by atoms with Gasteiger partial charge >= 0.3 is 0 Å². The summed E-state index contributed by atoms with van der Waals surface area (Å²) < 4.78 is 12.5. The van der Waals surface area contributed by atoms with Gasteiger partial charge in [0.25, 0.3) is 0 Å². The first kappa shape index (κ1) is 26.8. The van der Waals surface area contributed by atoms with Crippen LogP contribution in [0, 0.1) is 34.5 Å². The summed E-state index contributed by atoms with van der Waals surface area (Å²) in [6.45, 7) is 9.89. The first-order valence-corrected chi connectivity index (χ1v) is 13.5. The van der Waals surface area contributed by atoms with Crippen LogP contribution >= 0.6 is 11.8 Å². The van der Waals surface area contributed by atoms with Crippen molar-refractivity contribution in [3.8, 4) is 23.6 Å². The molecule has 2 aromatic rings. The van der Waals surface area contributed by atoms with Gasteiger partial charge in [-0.25, -0.2) is 0 Å². The Hall–Kier alpha value is -2.83. The van der Waals surface area contributed by atoms with Gasteiger partial charge in [0.05, 0.1) is 23.8 Å². The van der Waals surface area contributed by atoms with Gasteiger partial charge in [-0.1, -0.05) is 64.4 Å². The predicted octanol–water partition coefficient (Wildman–Crippen LogP) is 8.07. The molecule has 0 amide bonds. The third-order valence-corrected chi connectivity index (χ3v) is 7.33. The molecule has 0 spiro atoms. The van der Waals surface area contributed by atoms with E-state index in [1.165, 1.54) is 0 Å². The lowest BCUT2D eigenvalue weighted by Gasteiger charge is -2.33. The zero-order valence-corrected chi connectivity index (χ0v) is 22.5. The number of benzene rings is 2. The van der Waals surface area contributed by atoms with Crippen molar-refractivity contribution in [2.24, 2.45) is 11.8 Å². The highest BCUT2D eigenvalue weighted by atomic mass is 32.2. The summed E-state index contributed by atoms with van der Waals surface area (Å²) in [6.07, 6.45) is 6.23. The molecule has 0 aromatic heterocycles. The Bertz CT molecular complexity index is 1100. The number of nitrogens with zero attached hydrogens (tertiary/aromatic N) is 3. The van der Waals surface area contributed by atoms with Crippen LogP contribution in [-0.2, 0) is 0 Å². The van der Waals surface area contributed by atoms with E-state index < -0.39 is 0 Å². The minimum atomic E-state index is 0.263. The highest BCUT2D eigenvalue weighted by Gasteiger charge is 2.33. The lowest BCUT2D eigenvalue weighted by molar-refractivity contribution is 0.287. The highest BCUT2D eigenvalue weighted by molar-refractivity contribution is 7.99. The molecule has 0 saturated heterocycles. The molecule has 35 heavy (non-hydrogen) atoms. The second-order valence-corrected chi connectivity index (χ2v) is 11.0. The van der Waals surface area contributed by atoms with Crippen molar-refractivity contribution < 1.29 is 9.47 Å². The van der Waals surface area contributed by atoms with Crippen LogP contribution in [0.2, 0.25) is 0 Å². The smallest absolute Gasteiger partial charge is 0.163 e. The second-order valence-electron chi connectivity index (χ2n) is 9.91. The van der Waals surface area contributed by atoms with Crippen molar-refractivity contribution in [2.75, 3.05) is 25.2 Å². The first-order chi connectivity index (χ1) is 16.9. The molecule has 186 valence electrons. The van der Waals surface area contributed by atoms with E-state index in [0.29, 0.717) is 36.5 Å². The molecule has 0 radical (unpaired) electrons. The van der Waals surface area contributed by atoms with Crippen LogP contribution in [0.4, 0.5) is 11.4 Å². The van der Waals surface area contributed by atoms with Crippen LogP contribution < -0.4 is 14.4 Å². The number of hydrogen-bond donors (Lipinski definition) is 0. The lowest BCUT2D eigenvalue weighted by Crippen LogP contribution is -2.19. The summed E-state index contributed by atoms with van der Waals surface area (Å²) in [4.78, 5) is 4.00. The lowest BCUT2D eigenvalue weighted by atomic mass is 10.0. The second kappa shape index (κ2) is 12.8. The number of ether oxygens (including phenoxy) is 2. The molecule has 0 atom stereocenters. The number of anilines is 2. The minimum absolute atomic E-state index is 0.263. The van der Waals surface area contributed by atoms with Crippen molar-refractivity contribution in [1.82, 2.24) is 0 Å². The van der Waals surface area contributed by atoms with E-state index in [1.807, 2.05) is 19.2 Å². The van der Waals surface area contributed by atoms with Gasteiger partial charge in [-0.2, -0.15) is 10.5 Å². The molecule has 2 aromatic carbocycles. The standard InChI is InChI=1S/C29H37N3O2S/c1-20(2)12-8-10-16-33-27-22(18-30)23(19-31)28(34-17-11-9-13-21(3)4)29-26(27)32(5)24-14-6-7-15-25(24)35-29/h6-7,14-15,20-21H,8-13,16-17H2,1-5H3. The van der Waals surface area contributed by atoms with Gasteiger partial charge in [0.15, 0.2) is 11.5 Å². The van der Waals surface area contributed by atoms with Crippen LogP contribution in [-0.4, -0.2) is 20.3 Å². The van der Waals surface area contributed by atoms with E-state index in [2.05, 4.69) is 56.9 Å². The van der Waals surface area contributed by atoms with Gasteiger partial charge in [-0.05, 0) is 49.7 Å². The van der Waals surface area contributed by atoms with Gasteiger partial charge in [0.1, 0.15) is 29.0 Å². The molecule has 0 N–H and O–H groups in total. The molecule has 5 nitrogen and oxygen atoms in total. The highest BCUT2D eigenvalue weighted by Crippen LogP contribution is 2.57. The maximum absolute atomic E-state index is 10.1. The molecule has 0 bridgehead atoms.